The van der Waals surface area contributed by atoms with Crippen LogP contribution in [0.1, 0.15) is 85.5 Å². The van der Waals surface area contributed by atoms with E-state index in [-0.39, 0.29) is 46.3 Å². The summed E-state index contributed by atoms with van der Waals surface area (Å²) >= 11 is 2.73. The van der Waals surface area contributed by atoms with E-state index < -0.39 is 71.1 Å². The van der Waals surface area contributed by atoms with Gasteiger partial charge in [0.25, 0.3) is 0 Å². The topological polar surface area (TPSA) is 73.8 Å². The summed E-state index contributed by atoms with van der Waals surface area (Å²) in [6, 6.07) is 0. The highest BCUT2D eigenvalue weighted by Gasteiger charge is 2.71. The van der Waals surface area contributed by atoms with E-state index in [9.17, 15) is 26.3 Å². The van der Waals surface area contributed by atoms with E-state index in [1.165, 1.54) is 23.5 Å². The molecule has 8 aliphatic heterocycles. The van der Waals surface area contributed by atoms with Crippen molar-refractivity contribution in [2.24, 2.45) is 35.5 Å². The van der Waals surface area contributed by atoms with Gasteiger partial charge in [-0.1, -0.05) is 13.8 Å². The van der Waals surface area contributed by atoms with Crippen molar-refractivity contribution in [1.82, 2.24) is 0 Å². The van der Waals surface area contributed by atoms with Gasteiger partial charge in [0.05, 0.1) is 0 Å². The molecule has 6 saturated heterocycles. The van der Waals surface area contributed by atoms with Crippen molar-refractivity contribution < 1.29 is 64.8 Å². The predicted molar refractivity (Wildman–Crippen MR) is 173 cm³/mol. The molecule has 10 aliphatic rings. The Morgan fingerprint density at radius 2 is 1.02 bits per heavy atom. The Morgan fingerprint density at radius 1 is 0.608 bits per heavy atom. The highest BCUT2D eigenvalue weighted by atomic mass is 32.2. The summed E-state index contributed by atoms with van der Waals surface area (Å²) < 4.78 is 111. The molecule has 8 nitrogen and oxygen atoms in total. The Bertz CT molecular complexity index is 1340. The minimum Gasteiger partial charge on any atom is -0.456 e. The summed E-state index contributed by atoms with van der Waals surface area (Å²) in [6.45, 7) is 7.53. The highest BCUT2D eigenvalue weighted by Crippen LogP contribution is 2.63. The van der Waals surface area contributed by atoms with Crippen LogP contribution in [-0.4, -0.2) is 70.7 Å². The number of allylic oxidation sites excluding steroid dienone is 2. The van der Waals surface area contributed by atoms with Crippen LogP contribution in [0.2, 0.25) is 0 Å². The molecule has 0 aromatic carbocycles. The first-order valence-corrected chi connectivity index (χ1v) is 20.5. The van der Waals surface area contributed by atoms with E-state index in [0.717, 1.165) is 12.8 Å². The fraction of sp³-hybridized carbons (Fsp3) is 0.886. The molecule has 51 heavy (non-hydrogen) atoms. The molecule has 0 N–H and O–H groups in total. The van der Waals surface area contributed by atoms with Gasteiger partial charge in [-0.3, -0.25) is 0 Å². The van der Waals surface area contributed by atoms with Gasteiger partial charge in [-0.15, -0.1) is 0 Å². The molecule has 0 aromatic heterocycles. The zero-order chi connectivity index (χ0) is 36.2. The molecule has 8 fully saturated rings. The Balaban J connectivity index is 0.946. The van der Waals surface area contributed by atoms with Crippen LogP contribution in [0.25, 0.3) is 0 Å². The molecule has 2 saturated carbocycles. The summed E-state index contributed by atoms with van der Waals surface area (Å²) in [4.78, 5) is 23.6. The van der Waals surface area contributed by atoms with Crippen LogP contribution in [0.15, 0.2) is 22.7 Å². The first-order valence-electron chi connectivity index (χ1n) is 18.2. The summed E-state index contributed by atoms with van der Waals surface area (Å²) in [5.74, 6) is -4.14. The second kappa shape index (κ2) is 12.8. The van der Waals surface area contributed by atoms with E-state index in [1.807, 2.05) is 0 Å². The summed E-state index contributed by atoms with van der Waals surface area (Å²) in [5.41, 5.74) is -2.00. The number of halogens is 6. The van der Waals surface area contributed by atoms with E-state index in [1.54, 1.807) is 13.8 Å². The molecule has 8 heterocycles. The summed E-state index contributed by atoms with van der Waals surface area (Å²) in [7, 11) is 0. The molecule has 2 aliphatic carbocycles. The second-order valence-electron chi connectivity index (χ2n) is 16.1. The Morgan fingerprint density at radius 3 is 1.41 bits per heavy atom. The van der Waals surface area contributed by atoms with Crippen LogP contribution in [0.4, 0.5) is 26.3 Å². The van der Waals surface area contributed by atoms with E-state index in [4.69, 9.17) is 38.5 Å². The van der Waals surface area contributed by atoms with Gasteiger partial charge in [0, 0.05) is 48.0 Å². The maximum Gasteiger partial charge on any atom is 0.449 e. The first-order chi connectivity index (χ1) is 24.0. The van der Waals surface area contributed by atoms with Gasteiger partial charge in [-0.05, 0) is 93.3 Å². The summed E-state index contributed by atoms with van der Waals surface area (Å²) in [5, 5.41) is 0. The van der Waals surface area contributed by atoms with Crippen LogP contribution < -0.4 is 0 Å². The molecule has 12 atom stereocenters. The van der Waals surface area contributed by atoms with Gasteiger partial charge < -0.3 is 18.9 Å². The number of alkyl halides is 6. The van der Waals surface area contributed by atoms with Crippen molar-refractivity contribution in [3.8, 4) is 0 Å². The molecular formula is C35H46F6O8S2. The Kier molecular flexibility index (Phi) is 9.33. The highest BCUT2D eigenvalue weighted by molar-refractivity contribution is 8.00. The maximum atomic E-state index is 14.5. The van der Waals surface area contributed by atoms with Crippen LogP contribution in [0.3, 0.4) is 0 Å². The minimum absolute atomic E-state index is 0.0827. The average Bonchev–Trinajstić information content (AvgIpc) is 3.43. The minimum atomic E-state index is -4.71. The fourth-order valence-corrected chi connectivity index (χ4v) is 12.7. The monoisotopic (exact) mass is 772 g/mol. The third-order valence-electron chi connectivity index (χ3n) is 12.9. The molecular weight excluding hydrogens is 726 g/mol. The summed E-state index contributed by atoms with van der Waals surface area (Å²) in [6.07, 6.45) is -6.43. The van der Waals surface area contributed by atoms with Crippen molar-refractivity contribution in [1.29, 1.82) is 0 Å². The third kappa shape index (κ3) is 5.97. The van der Waals surface area contributed by atoms with Gasteiger partial charge >= 0.3 is 12.4 Å². The van der Waals surface area contributed by atoms with E-state index in [2.05, 4.69) is 13.8 Å². The number of fused-ring (bicyclic) bond motifs is 4. The molecule has 2 unspecified atom stereocenters. The lowest BCUT2D eigenvalue weighted by atomic mass is 9.59. The van der Waals surface area contributed by atoms with Gasteiger partial charge in [0.15, 0.2) is 11.2 Å². The number of rotatable bonds is 8. The molecule has 288 valence electrons. The Hall–Kier alpha value is -0.880. The van der Waals surface area contributed by atoms with Crippen LogP contribution in [0, 0.1) is 35.5 Å². The second-order valence-corrected chi connectivity index (χ2v) is 18.3. The standard InChI is InChI=1S/C35H46F6O8S2/c1-18-6-8-24-20(26(34(36,37)38)42-28-32(24)22(18)10-12-30(3,44-28)46-48-32)16-50-14-5-15-51-17-21-25-9-7-19(2)23-11-13-31(4)45-29(33(23,25)49-47-31)43-27(21)35(39,40)41/h18-19,22-25,28-29H,5-17H2,1-4H3/t18-,19-,22?,23?,24+,25+,28-,29-,30+,31+,32-,33-/m1/s1. The molecule has 2 spiro atoms. The lowest BCUT2D eigenvalue weighted by Gasteiger charge is -2.57. The Labute approximate surface area is 302 Å². The van der Waals surface area contributed by atoms with Gasteiger partial charge in [0.1, 0.15) is 0 Å². The van der Waals surface area contributed by atoms with Gasteiger partial charge in [-0.2, -0.15) is 49.9 Å². The zero-order valence-electron chi connectivity index (χ0n) is 29.2. The quantitative estimate of drug-likeness (QED) is 0.136. The maximum absolute atomic E-state index is 14.5. The normalized spacial score (nSPS) is 46.2. The molecule has 0 amide bonds. The SMILES string of the molecule is C[C@@H]1CC[C@H]2C(CSCCCSCC3=C(C(F)(F)F)O[C@@H]4O[C@]5(C)CCC6[C@H](C)CC[C@@H]3[C@]64OO5)=C(C(F)(F)F)O[C@@H]3O[C@]4(C)CCC1[C@]32OO4. The lowest BCUT2D eigenvalue weighted by molar-refractivity contribution is -0.557. The van der Waals surface area contributed by atoms with Gasteiger partial charge in [0.2, 0.25) is 35.7 Å². The van der Waals surface area contributed by atoms with Crippen molar-refractivity contribution in [3.63, 3.8) is 0 Å². The number of ether oxygens (including phenoxy) is 4. The lowest BCUT2D eigenvalue weighted by Crippen LogP contribution is -2.67. The van der Waals surface area contributed by atoms with E-state index in [0.29, 0.717) is 56.5 Å². The van der Waals surface area contributed by atoms with Gasteiger partial charge in [-0.25, -0.2) is 19.6 Å². The smallest absolute Gasteiger partial charge is 0.449 e. The molecule has 10 rings (SSSR count). The largest absolute Gasteiger partial charge is 0.456 e. The number of thioether (sulfide) groups is 2. The van der Waals surface area contributed by atoms with Crippen LogP contribution in [-0.2, 0) is 38.5 Å². The third-order valence-corrected chi connectivity index (χ3v) is 15.1. The predicted octanol–water partition coefficient (Wildman–Crippen LogP) is 8.97. The molecule has 4 bridgehead atoms. The van der Waals surface area contributed by atoms with E-state index >= 15 is 0 Å². The van der Waals surface area contributed by atoms with Crippen LogP contribution in [0.5, 0.6) is 0 Å². The fourth-order valence-electron chi connectivity index (χ4n) is 10.4. The first kappa shape index (κ1) is 37.1. The molecule has 0 aromatic rings. The van der Waals surface area contributed by atoms with Crippen molar-refractivity contribution in [3.05, 3.63) is 22.7 Å². The van der Waals surface area contributed by atoms with Crippen molar-refractivity contribution in [2.75, 3.05) is 23.0 Å². The van der Waals surface area contributed by atoms with Crippen LogP contribution >= 0.6 is 23.5 Å². The van der Waals surface area contributed by atoms with Crippen molar-refractivity contribution in [2.45, 2.75) is 133 Å². The average molecular weight is 773 g/mol. The molecule has 16 heteroatoms. The number of hydrogen-bond acceptors (Lipinski definition) is 10. The molecule has 0 radical (unpaired) electrons. The number of hydrogen-bond donors (Lipinski definition) is 0. The van der Waals surface area contributed by atoms with Crippen molar-refractivity contribution >= 4 is 23.5 Å². The zero-order valence-corrected chi connectivity index (χ0v) is 30.8.